The van der Waals surface area contributed by atoms with Crippen LogP contribution in [0.2, 0.25) is 0 Å². The maximum absolute atomic E-state index is 11.2. The van der Waals surface area contributed by atoms with Crippen molar-refractivity contribution in [2.45, 2.75) is 58.8 Å². The minimum Gasteiger partial charge on any atom is -0.435 e. The number of esters is 1. The highest BCUT2D eigenvalue weighted by molar-refractivity contribution is 5.81. The zero-order valence-electron chi connectivity index (χ0n) is 11.5. The molecule has 0 radical (unpaired) electrons. The summed E-state index contributed by atoms with van der Waals surface area (Å²) in [5, 5.41) is 2.63. The Kier molecular flexibility index (Phi) is 11.3. The number of unbranched alkanes of at least 4 members (excludes halogenated alkanes) is 4. The number of nitrogens with one attached hydrogen (secondary N) is 1. The highest BCUT2D eigenvalue weighted by atomic mass is 16.5. The lowest BCUT2D eigenvalue weighted by atomic mass is 10.1. The molecule has 0 unspecified atom stereocenters. The topological polar surface area (TPSA) is 55.4 Å². The predicted octanol–water partition coefficient (Wildman–Crippen LogP) is 2.93. The third kappa shape index (κ3) is 11.2. The summed E-state index contributed by atoms with van der Waals surface area (Å²) < 4.78 is 4.88. The second-order valence-electron chi connectivity index (χ2n) is 4.16. The molecule has 0 saturated heterocycles. The molecule has 0 spiro atoms. The molecule has 18 heavy (non-hydrogen) atoms. The van der Waals surface area contributed by atoms with Gasteiger partial charge in [-0.3, -0.25) is 9.59 Å². The van der Waals surface area contributed by atoms with Crippen molar-refractivity contribution in [1.29, 1.82) is 0 Å². The fourth-order valence-electron chi connectivity index (χ4n) is 1.44. The second-order valence-corrected chi connectivity index (χ2v) is 4.16. The summed E-state index contributed by atoms with van der Waals surface area (Å²) in [6.07, 6.45) is 9.36. The lowest BCUT2D eigenvalue weighted by Gasteiger charge is -2.01. The van der Waals surface area contributed by atoms with Crippen molar-refractivity contribution < 1.29 is 14.3 Å². The van der Waals surface area contributed by atoms with Gasteiger partial charge in [0.05, 0.1) is 12.7 Å². The molecule has 0 aliphatic heterocycles. The normalized spacial score (nSPS) is 10.6. The average Bonchev–Trinajstić information content (AvgIpc) is 2.35. The molecule has 0 fully saturated rings. The summed E-state index contributed by atoms with van der Waals surface area (Å²) in [6, 6.07) is 0. The van der Waals surface area contributed by atoms with Gasteiger partial charge in [-0.25, -0.2) is 0 Å². The molecule has 0 aromatic rings. The molecule has 1 amide bonds. The first-order chi connectivity index (χ1) is 8.70. The van der Waals surface area contributed by atoms with Crippen LogP contribution in [0.4, 0.5) is 0 Å². The Morgan fingerprint density at radius 1 is 1.11 bits per heavy atom. The third-order valence-electron chi connectivity index (χ3n) is 2.45. The molecule has 104 valence electrons. The Labute approximate surface area is 110 Å². The SMILES string of the molecule is CCCCCCC=COC(=O)CCC(=O)NCC. The number of hydrogen-bond donors (Lipinski definition) is 1. The molecular formula is C14H25NO3. The van der Waals surface area contributed by atoms with Crippen LogP contribution in [0.5, 0.6) is 0 Å². The van der Waals surface area contributed by atoms with E-state index in [-0.39, 0.29) is 24.7 Å². The van der Waals surface area contributed by atoms with Gasteiger partial charge in [-0.1, -0.05) is 26.2 Å². The van der Waals surface area contributed by atoms with Crippen LogP contribution >= 0.6 is 0 Å². The maximum Gasteiger partial charge on any atom is 0.311 e. The molecule has 1 N–H and O–H groups in total. The molecule has 0 heterocycles. The van der Waals surface area contributed by atoms with Gasteiger partial charge >= 0.3 is 5.97 Å². The number of hydrogen-bond acceptors (Lipinski definition) is 3. The Hall–Kier alpha value is -1.32. The van der Waals surface area contributed by atoms with Gasteiger partial charge in [0.2, 0.25) is 5.91 Å². The molecule has 4 heteroatoms. The third-order valence-corrected chi connectivity index (χ3v) is 2.45. The van der Waals surface area contributed by atoms with E-state index < -0.39 is 0 Å². The van der Waals surface area contributed by atoms with Gasteiger partial charge in [0, 0.05) is 13.0 Å². The van der Waals surface area contributed by atoms with Gasteiger partial charge in [-0.15, -0.1) is 0 Å². The smallest absolute Gasteiger partial charge is 0.311 e. The van der Waals surface area contributed by atoms with Crippen LogP contribution in [0.1, 0.15) is 58.8 Å². The summed E-state index contributed by atoms with van der Waals surface area (Å²) in [5.41, 5.74) is 0. The minimum atomic E-state index is -0.355. The molecule has 0 bridgehead atoms. The van der Waals surface area contributed by atoms with Crippen molar-refractivity contribution in [1.82, 2.24) is 5.32 Å². The number of amides is 1. The van der Waals surface area contributed by atoms with Crippen LogP contribution in [0.3, 0.4) is 0 Å². The molecule has 0 aliphatic rings. The molecule has 0 saturated carbocycles. The average molecular weight is 255 g/mol. The number of allylic oxidation sites excluding steroid dienone is 1. The first-order valence-electron chi connectivity index (χ1n) is 6.81. The van der Waals surface area contributed by atoms with E-state index in [1.54, 1.807) is 0 Å². The van der Waals surface area contributed by atoms with E-state index in [0.717, 1.165) is 12.8 Å². The lowest BCUT2D eigenvalue weighted by Crippen LogP contribution is -2.23. The van der Waals surface area contributed by atoms with Crippen LogP contribution < -0.4 is 5.32 Å². The van der Waals surface area contributed by atoms with E-state index >= 15 is 0 Å². The van der Waals surface area contributed by atoms with Crippen molar-refractivity contribution in [2.75, 3.05) is 6.54 Å². The van der Waals surface area contributed by atoms with Crippen molar-refractivity contribution in [3.8, 4) is 0 Å². The molecule has 0 aliphatic carbocycles. The van der Waals surface area contributed by atoms with Gasteiger partial charge in [0.1, 0.15) is 0 Å². The molecule has 0 aromatic heterocycles. The summed E-state index contributed by atoms with van der Waals surface area (Å²) in [6.45, 7) is 4.61. The van der Waals surface area contributed by atoms with Crippen LogP contribution in [0.25, 0.3) is 0 Å². The quantitative estimate of drug-likeness (QED) is 0.371. The van der Waals surface area contributed by atoms with Gasteiger partial charge < -0.3 is 10.1 Å². The van der Waals surface area contributed by atoms with Gasteiger partial charge in [-0.05, 0) is 25.8 Å². The first-order valence-corrected chi connectivity index (χ1v) is 6.81. The first kappa shape index (κ1) is 16.7. The number of carbonyl (C=O) groups excluding carboxylic acids is 2. The molecular weight excluding hydrogens is 230 g/mol. The van der Waals surface area contributed by atoms with Gasteiger partial charge in [-0.2, -0.15) is 0 Å². The maximum atomic E-state index is 11.2. The molecule has 4 nitrogen and oxygen atoms in total. The largest absolute Gasteiger partial charge is 0.435 e. The van der Waals surface area contributed by atoms with Crippen molar-refractivity contribution in [2.24, 2.45) is 0 Å². The summed E-state index contributed by atoms with van der Waals surface area (Å²) in [5.74, 6) is -0.468. The van der Waals surface area contributed by atoms with Gasteiger partial charge in [0.25, 0.3) is 0 Å². The van der Waals surface area contributed by atoms with Crippen LogP contribution in [-0.4, -0.2) is 18.4 Å². The van der Waals surface area contributed by atoms with E-state index in [1.807, 2.05) is 13.0 Å². The van der Waals surface area contributed by atoms with Crippen molar-refractivity contribution >= 4 is 11.9 Å². The lowest BCUT2D eigenvalue weighted by molar-refractivity contribution is -0.139. The van der Waals surface area contributed by atoms with E-state index in [0.29, 0.717) is 6.54 Å². The Balaban J connectivity index is 3.46. The van der Waals surface area contributed by atoms with E-state index in [2.05, 4.69) is 12.2 Å². The van der Waals surface area contributed by atoms with Crippen LogP contribution in [-0.2, 0) is 14.3 Å². The van der Waals surface area contributed by atoms with Crippen molar-refractivity contribution in [3.05, 3.63) is 12.3 Å². The fourth-order valence-corrected chi connectivity index (χ4v) is 1.44. The minimum absolute atomic E-state index is 0.113. The second kappa shape index (κ2) is 12.1. The Morgan fingerprint density at radius 2 is 1.89 bits per heavy atom. The fraction of sp³-hybridized carbons (Fsp3) is 0.714. The van der Waals surface area contributed by atoms with Crippen LogP contribution in [0.15, 0.2) is 12.3 Å². The van der Waals surface area contributed by atoms with Gasteiger partial charge in [0.15, 0.2) is 0 Å². The summed E-state index contributed by atoms with van der Waals surface area (Å²) >= 11 is 0. The molecule has 0 aromatic carbocycles. The Bertz CT molecular complexity index is 262. The Morgan fingerprint density at radius 3 is 2.56 bits per heavy atom. The number of carbonyl (C=O) groups is 2. The van der Waals surface area contributed by atoms with E-state index in [1.165, 1.54) is 25.5 Å². The zero-order chi connectivity index (χ0) is 13.6. The highest BCUT2D eigenvalue weighted by Gasteiger charge is 2.05. The van der Waals surface area contributed by atoms with Crippen molar-refractivity contribution in [3.63, 3.8) is 0 Å². The summed E-state index contributed by atoms with van der Waals surface area (Å²) in [7, 11) is 0. The number of ether oxygens (including phenoxy) is 1. The molecule has 0 atom stereocenters. The molecule has 0 rings (SSSR count). The zero-order valence-corrected chi connectivity index (χ0v) is 11.5. The van der Waals surface area contributed by atoms with E-state index in [9.17, 15) is 9.59 Å². The standard InChI is InChI=1S/C14H25NO3/c1-3-5-6-7-8-9-12-18-14(17)11-10-13(16)15-4-2/h9,12H,3-8,10-11H2,1-2H3,(H,15,16). The van der Waals surface area contributed by atoms with Crippen LogP contribution in [0, 0.1) is 0 Å². The monoisotopic (exact) mass is 255 g/mol. The highest BCUT2D eigenvalue weighted by Crippen LogP contribution is 2.03. The summed E-state index contributed by atoms with van der Waals surface area (Å²) in [4.78, 5) is 22.3. The number of rotatable bonds is 10. The van der Waals surface area contributed by atoms with E-state index in [4.69, 9.17) is 4.74 Å². The predicted molar refractivity (Wildman–Crippen MR) is 71.9 cm³/mol.